The van der Waals surface area contributed by atoms with Crippen LogP contribution in [0, 0.1) is 5.92 Å². The zero-order chi connectivity index (χ0) is 17.3. The van der Waals surface area contributed by atoms with Gasteiger partial charge in [-0.05, 0) is 43.5 Å². The Balaban J connectivity index is 2.35. The zero-order valence-corrected chi connectivity index (χ0v) is 14.4. The molecule has 4 nitrogen and oxygen atoms in total. The number of carboxylic acids is 1. The van der Waals surface area contributed by atoms with Crippen molar-refractivity contribution < 1.29 is 18.3 Å². The number of sulfone groups is 1. The van der Waals surface area contributed by atoms with Crippen LogP contribution in [0.4, 0.5) is 0 Å². The Kier molecular flexibility index (Phi) is 4.80. The third kappa shape index (κ3) is 3.91. The predicted octanol–water partition coefficient (Wildman–Crippen LogP) is 3.30. The molecule has 0 amide bonds. The number of benzene rings is 2. The largest absolute Gasteiger partial charge is 0.481 e. The van der Waals surface area contributed by atoms with Gasteiger partial charge in [-0.15, -0.1) is 0 Å². The van der Waals surface area contributed by atoms with Crippen molar-refractivity contribution in [2.75, 3.05) is 5.75 Å². The van der Waals surface area contributed by atoms with Crippen LogP contribution in [-0.2, 0) is 21.1 Å². The smallest absolute Gasteiger partial charge is 0.307 e. The predicted molar refractivity (Wildman–Crippen MR) is 92.3 cm³/mol. The molecular formula is C18H22O4S. The molecule has 23 heavy (non-hydrogen) atoms. The fourth-order valence-corrected chi connectivity index (χ4v) is 3.76. The van der Waals surface area contributed by atoms with Gasteiger partial charge in [0.25, 0.3) is 0 Å². The van der Waals surface area contributed by atoms with E-state index in [0.717, 1.165) is 16.3 Å². The van der Waals surface area contributed by atoms with Gasteiger partial charge in [0.15, 0.2) is 9.84 Å². The number of carbonyl (C=O) groups is 1. The Morgan fingerprint density at radius 2 is 1.70 bits per heavy atom. The van der Waals surface area contributed by atoms with Crippen LogP contribution in [0.25, 0.3) is 10.8 Å². The number of hydrogen-bond donors (Lipinski definition) is 1. The number of carboxylic acid groups (broad SMARTS) is 1. The number of fused-ring (bicyclic) bond motifs is 1. The standard InChI is InChI=1S/C18H22O4S/c1-18(2,3)23(21,22)12-15(17(19)20)11-14-9-6-8-13-7-4-5-10-16(13)14/h4-10,15H,11-12H2,1-3H3,(H,19,20)/t15-/m0/s1. The van der Waals surface area contributed by atoms with Gasteiger partial charge in [0.1, 0.15) is 0 Å². The number of aliphatic carboxylic acids is 1. The third-order valence-corrected chi connectivity index (χ3v) is 6.76. The molecule has 0 radical (unpaired) electrons. The van der Waals surface area contributed by atoms with E-state index in [4.69, 9.17) is 0 Å². The average Bonchev–Trinajstić information content (AvgIpc) is 2.45. The Morgan fingerprint density at radius 1 is 1.09 bits per heavy atom. The fraction of sp³-hybridized carbons (Fsp3) is 0.389. The van der Waals surface area contributed by atoms with Crippen molar-refractivity contribution in [1.82, 2.24) is 0 Å². The summed E-state index contributed by atoms with van der Waals surface area (Å²) < 4.78 is 23.8. The van der Waals surface area contributed by atoms with Crippen LogP contribution in [0.5, 0.6) is 0 Å². The molecule has 0 heterocycles. The van der Waals surface area contributed by atoms with Gasteiger partial charge in [-0.3, -0.25) is 4.79 Å². The maximum absolute atomic E-state index is 12.4. The Hall–Kier alpha value is -1.88. The van der Waals surface area contributed by atoms with Crippen molar-refractivity contribution in [3.05, 3.63) is 48.0 Å². The van der Waals surface area contributed by atoms with Gasteiger partial charge in [0, 0.05) is 0 Å². The van der Waals surface area contributed by atoms with Crippen LogP contribution >= 0.6 is 0 Å². The third-order valence-electron chi connectivity index (χ3n) is 4.05. The van der Waals surface area contributed by atoms with E-state index < -0.39 is 26.5 Å². The number of rotatable bonds is 5. The lowest BCUT2D eigenvalue weighted by Crippen LogP contribution is -2.36. The minimum atomic E-state index is -3.50. The molecule has 2 rings (SSSR count). The summed E-state index contributed by atoms with van der Waals surface area (Å²) in [7, 11) is -3.50. The summed E-state index contributed by atoms with van der Waals surface area (Å²) in [6.07, 6.45) is 0.200. The SMILES string of the molecule is CC(C)(C)S(=O)(=O)C[C@H](Cc1cccc2ccccc12)C(=O)O. The zero-order valence-electron chi connectivity index (χ0n) is 13.6. The fourth-order valence-electron chi connectivity index (χ4n) is 2.47. The minimum absolute atomic E-state index is 0.200. The van der Waals surface area contributed by atoms with Crippen molar-refractivity contribution in [2.24, 2.45) is 5.92 Å². The van der Waals surface area contributed by atoms with Crippen LogP contribution in [0.1, 0.15) is 26.3 Å². The minimum Gasteiger partial charge on any atom is -0.481 e. The lowest BCUT2D eigenvalue weighted by atomic mass is 9.96. The molecule has 0 aliphatic carbocycles. The monoisotopic (exact) mass is 334 g/mol. The average molecular weight is 334 g/mol. The molecule has 0 fully saturated rings. The van der Waals surface area contributed by atoms with E-state index in [0.29, 0.717) is 0 Å². The molecule has 0 aromatic heterocycles. The molecule has 0 saturated heterocycles. The quantitative estimate of drug-likeness (QED) is 0.911. The highest BCUT2D eigenvalue weighted by atomic mass is 32.2. The maximum Gasteiger partial charge on any atom is 0.307 e. The molecule has 2 aromatic carbocycles. The molecule has 5 heteroatoms. The van der Waals surface area contributed by atoms with Crippen LogP contribution in [0.3, 0.4) is 0 Å². The highest BCUT2D eigenvalue weighted by Gasteiger charge is 2.34. The summed E-state index contributed by atoms with van der Waals surface area (Å²) >= 11 is 0. The van der Waals surface area contributed by atoms with Crippen molar-refractivity contribution in [1.29, 1.82) is 0 Å². The molecule has 0 bridgehead atoms. The summed E-state index contributed by atoms with van der Waals surface area (Å²) in [5, 5.41) is 11.5. The van der Waals surface area contributed by atoms with Crippen LogP contribution in [0.15, 0.2) is 42.5 Å². The lowest BCUT2D eigenvalue weighted by molar-refractivity contribution is -0.140. The van der Waals surface area contributed by atoms with Crippen LogP contribution in [-0.4, -0.2) is 30.0 Å². The normalized spacial score (nSPS) is 13.9. The van der Waals surface area contributed by atoms with Gasteiger partial charge in [0.2, 0.25) is 0 Å². The van der Waals surface area contributed by atoms with E-state index in [1.54, 1.807) is 20.8 Å². The molecule has 0 unspecified atom stereocenters. The summed E-state index contributed by atoms with van der Waals surface area (Å²) in [6.45, 7) is 4.79. The summed E-state index contributed by atoms with van der Waals surface area (Å²) in [5.74, 6) is -2.38. The van der Waals surface area contributed by atoms with E-state index in [-0.39, 0.29) is 12.2 Å². The second-order valence-electron chi connectivity index (χ2n) is 6.77. The highest BCUT2D eigenvalue weighted by Crippen LogP contribution is 2.25. The first-order chi connectivity index (χ1) is 10.6. The van der Waals surface area contributed by atoms with Gasteiger partial charge in [-0.1, -0.05) is 42.5 Å². The maximum atomic E-state index is 12.4. The van der Waals surface area contributed by atoms with E-state index in [1.165, 1.54) is 0 Å². The molecule has 0 spiro atoms. The topological polar surface area (TPSA) is 71.4 Å². The first-order valence-corrected chi connectivity index (χ1v) is 9.19. The first-order valence-electron chi connectivity index (χ1n) is 7.53. The molecule has 1 atom stereocenters. The number of hydrogen-bond acceptors (Lipinski definition) is 3. The van der Waals surface area contributed by atoms with Crippen LogP contribution in [0.2, 0.25) is 0 Å². The molecule has 0 aliphatic heterocycles. The molecule has 1 N–H and O–H groups in total. The van der Waals surface area contributed by atoms with Crippen molar-refractivity contribution >= 4 is 26.6 Å². The molecule has 0 aliphatic rings. The molecule has 2 aromatic rings. The van der Waals surface area contributed by atoms with E-state index >= 15 is 0 Å². The Labute approximate surface area is 137 Å². The molecule has 0 saturated carbocycles. The van der Waals surface area contributed by atoms with Gasteiger partial charge < -0.3 is 5.11 Å². The Bertz CT molecular complexity index is 811. The lowest BCUT2D eigenvalue weighted by Gasteiger charge is -2.22. The van der Waals surface area contributed by atoms with E-state index in [1.807, 2.05) is 42.5 Å². The van der Waals surface area contributed by atoms with Gasteiger partial charge in [0.05, 0.1) is 16.4 Å². The van der Waals surface area contributed by atoms with Crippen molar-refractivity contribution in [2.45, 2.75) is 31.9 Å². The summed E-state index contributed by atoms with van der Waals surface area (Å²) in [6, 6.07) is 13.4. The van der Waals surface area contributed by atoms with Crippen molar-refractivity contribution in [3.63, 3.8) is 0 Å². The van der Waals surface area contributed by atoms with Gasteiger partial charge >= 0.3 is 5.97 Å². The van der Waals surface area contributed by atoms with Crippen LogP contribution < -0.4 is 0 Å². The molecule has 124 valence electrons. The van der Waals surface area contributed by atoms with E-state index in [9.17, 15) is 18.3 Å². The van der Waals surface area contributed by atoms with Gasteiger partial charge in [-0.25, -0.2) is 8.42 Å². The summed E-state index contributed by atoms with van der Waals surface area (Å²) in [4.78, 5) is 11.6. The highest BCUT2D eigenvalue weighted by molar-refractivity contribution is 7.92. The second kappa shape index (κ2) is 6.32. The second-order valence-corrected chi connectivity index (χ2v) is 9.56. The summed E-state index contributed by atoms with van der Waals surface area (Å²) in [5.41, 5.74) is 0.861. The van der Waals surface area contributed by atoms with Crippen molar-refractivity contribution in [3.8, 4) is 0 Å². The molecular weight excluding hydrogens is 312 g/mol. The van der Waals surface area contributed by atoms with E-state index in [2.05, 4.69) is 0 Å². The van der Waals surface area contributed by atoms with Gasteiger partial charge in [-0.2, -0.15) is 0 Å². The first kappa shape index (κ1) is 17.5. The Morgan fingerprint density at radius 3 is 2.30 bits per heavy atom.